The summed E-state index contributed by atoms with van der Waals surface area (Å²) >= 11 is 7.51. The van der Waals surface area contributed by atoms with Gasteiger partial charge in [-0.05, 0) is 31.4 Å². The standard InChI is InChI=1S/C16H19ClN4OS/c1-2-21-15(11-7-8-11)19-20-16(21)23-10-14(22)18-9-12-5-3-4-6-13(12)17/h3-6,11H,2,7-10H2,1H3,(H,18,22). The van der Waals surface area contributed by atoms with Gasteiger partial charge in [0.15, 0.2) is 5.16 Å². The van der Waals surface area contributed by atoms with E-state index in [4.69, 9.17) is 11.6 Å². The first-order valence-corrected chi connectivity index (χ1v) is 9.11. The number of rotatable bonds is 7. The van der Waals surface area contributed by atoms with Gasteiger partial charge >= 0.3 is 0 Å². The number of carbonyl (C=O) groups is 1. The molecule has 1 saturated carbocycles. The predicted molar refractivity (Wildman–Crippen MR) is 91.7 cm³/mol. The third-order valence-electron chi connectivity index (χ3n) is 3.77. The fourth-order valence-electron chi connectivity index (χ4n) is 2.36. The lowest BCUT2D eigenvalue weighted by Crippen LogP contribution is -2.24. The number of amides is 1. The van der Waals surface area contributed by atoms with Gasteiger partial charge in [0.1, 0.15) is 5.82 Å². The van der Waals surface area contributed by atoms with Crippen LogP contribution in [0.3, 0.4) is 0 Å². The van der Waals surface area contributed by atoms with Gasteiger partial charge < -0.3 is 9.88 Å². The summed E-state index contributed by atoms with van der Waals surface area (Å²) in [6.07, 6.45) is 2.39. The summed E-state index contributed by atoms with van der Waals surface area (Å²) in [6.45, 7) is 3.35. The Labute approximate surface area is 144 Å². The molecule has 1 heterocycles. The van der Waals surface area contributed by atoms with Crippen LogP contribution >= 0.6 is 23.4 Å². The molecule has 1 aliphatic carbocycles. The molecule has 1 fully saturated rings. The smallest absolute Gasteiger partial charge is 0.230 e. The number of nitrogens with one attached hydrogen (secondary N) is 1. The van der Waals surface area contributed by atoms with Crippen molar-refractivity contribution >= 4 is 29.3 Å². The van der Waals surface area contributed by atoms with Crippen LogP contribution < -0.4 is 5.32 Å². The highest BCUT2D eigenvalue weighted by Crippen LogP contribution is 2.39. The minimum Gasteiger partial charge on any atom is -0.351 e. The molecule has 0 aliphatic heterocycles. The lowest BCUT2D eigenvalue weighted by atomic mass is 10.2. The van der Waals surface area contributed by atoms with Crippen molar-refractivity contribution in [2.24, 2.45) is 0 Å². The zero-order chi connectivity index (χ0) is 16.2. The molecule has 0 atom stereocenters. The molecule has 5 nitrogen and oxygen atoms in total. The van der Waals surface area contributed by atoms with Crippen molar-refractivity contribution in [3.8, 4) is 0 Å². The van der Waals surface area contributed by atoms with Crippen LogP contribution in [0.1, 0.15) is 37.1 Å². The van der Waals surface area contributed by atoms with Gasteiger partial charge in [-0.3, -0.25) is 4.79 Å². The maximum absolute atomic E-state index is 12.0. The van der Waals surface area contributed by atoms with Gasteiger partial charge in [0, 0.05) is 24.0 Å². The molecule has 1 aliphatic rings. The van der Waals surface area contributed by atoms with Crippen LogP contribution in [-0.2, 0) is 17.9 Å². The van der Waals surface area contributed by atoms with Crippen molar-refractivity contribution in [2.45, 2.75) is 43.9 Å². The summed E-state index contributed by atoms with van der Waals surface area (Å²) in [5, 5.41) is 12.9. The van der Waals surface area contributed by atoms with Gasteiger partial charge in [0.25, 0.3) is 0 Å². The number of hydrogen-bond donors (Lipinski definition) is 1. The normalized spacial score (nSPS) is 14.0. The van der Waals surface area contributed by atoms with E-state index < -0.39 is 0 Å². The van der Waals surface area contributed by atoms with Gasteiger partial charge in [-0.1, -0.05) is 41.6 Å². The Hall–Kier alpha value is -1.53. The molecular formula is C16H19ClN4OS. The van der Waals surface area contributed by atoms with E-state index in [1.807, 2.05) is 24.3 Å². The van der Waals surface area contributed by atoms with Crippen molar-refractivity contribution in [1.82, 2.24) is 20.1 Å². The molecule has 2 aromatic rings. The lowest BCUT2D eigenvalue weighted by Gasteiger charge is -2.08. The summed E-state index contributed by atoms with van der Waals surface area (Å²) in [4.78, 5) is 12.0. The molecule has 23 heavy (non-hydrogen) atoms. The first-order chi connectivity index (χ1) is 11.2. The van der Waals surface area contributed by atoms with Crippen LogP contribution in [0.2, 0.25) is 5.02 Å². The summed E-state index contributed by atoms with van der Waals surface area (Å²) in [6, 6.07) is 7.51. The van der Waals surface area contributed by atoms with E-state index in [0.717, 1.165) is 23.1 Å². The van der Waals surface area contributed by atoms with Crippen LogP contribution in [0.25, 0.3) is 0 Å². The summed E-state index contributed by atoms with van der Waals surface area (Å²) < 4.78 is 2.11. The topological polar surface area (TPSA) is 59.8 Å². The molecule has 0 spiro atoms. The number of nitrogens with zero attached hydrogens (tertiary/aromatic N) is 3. The van der Waals surface area contributed by atoms with E-state index in [0.29, 0.717) is 23.2 Å². The average molecular weight is 351 g/mol. The van der Waals surface area contributed by atoms with E-state index in [-0.39, 0.29) is 5.91 Å². The number of carbonyl (C=O) groups excluding carboxylic acids is 1. The molecule has 0 saturated heterocycles. The van der Waals surface area contributed by atoms with Crippen LogP contribution in [0.15, 0.2) is 29.4 Å². The molecule has 122 valence electrons. The van der Waals surface area contributed by atoms with Crippen LogP contribution in [0.4, 0.5) is 0 Å². The summed E-state index contributed by atoms with van der Waals surface area (Å²) in [5.74, 6) is 1.92. The zero-order valence-corrected chi connectivity index (χ0v) is 14.5. The maximum atomic E-state index is 12.0. The number of halogens is 1. The lowest BCUT2D eigenvalue weighted by molar-refractivity contribution is -0.118. The SMILES string of the molecule is CCn1c(SCC(=O)NCc2ccccc2Cl)nnc1C1CC1. The number of aromatic nitrogens is 3. The van der Waals surface area contributed by atoms with Crippen molar-refractivity contribution < 1.29 is 4.79 Å². The second-order valence-electron chi connectivity index (χ2n) is 5.52. The molecule has 3 rings (SSSR count). The van der Waals surface area contributed by atoms with Gasteiger partial charge in [0.2, 0.25) is 5.91 Å². The predicted octanol–water partition coefficient (Wildman–Crippen LogP) is 3.24. The van der Waals surface area contributed by atoms with Crippen LogP contribution in [0, 0.1) is 0 Å². The number of benzene rings is 1. The Bertz CT molecular complexity index is 699. The molecule has 1 N–H and O–H groups in total. The minimum absolute atomic E-state index is 0.0338. The third-order valence-corrected chi connectivity index (χ3v) is 5.11. The van der Waals surface area contributed by atoms with Gasteiger partial charge in [-0.2, -0.15) is 0 Å². The highest BCUT2D eigenvalue weighted by molar-refractivity contribution is 7.99. The van der Waals surface area contributed by atoms with Gasteiger partial charge in [-0.15, -0.1) is 10.2 Å². The third kappa shape index (κ3) is 4.06. The average Bonchev–Trinajstić information content (AvgIpc) is 3.32. The molecule has 1 aromatic carbocycles. The first kappa shape index (κ1) is 16.3. The van der Waals surface area contributed by atoms with E-state index in [1.54, 1.807) is 0 Å². The Morgan fingerprint density at radius 3 is 2.87 bits per heavy atom. The number of thioether (sulfide) groups is 1. The number of hydrogen-bond acceptors (Lipinski definition) is 4. The molecule has 0 radical (unpaired) electrons. The quantitative estimate of drug-likeness (QED) is 0.779. The van der Waals surface area contributed by atoms with E-state index in [2.05, 4.69) is 27.0 Å². The fraction of sp³-hybridized carbons (Fsp3) is 0.438. The molecule has 7 heteroatoms. The summed E-state index contributed by atoms with van der Waals surface area (Å²) in [5.41, 5.74) is 0.917. The Morgan fingerprint density at radius 2 is 2.17 bits per heavy atom. The highest BCUT2D eigenvalue weighted by Gasteiger charge is 2.30. The van der Waals surface area contributed by atoms with Crippen LogP contribution in [-0.4, -0.2) is 26.4 Å². The van der Waals surface area contributed by atoms with E-state index in [9.17, 15) is 4.79 Å². The Balaban J connectivity index is 1.52. The molecule has 0 bridgehead atoms. The molecule has 1 aromatic heterocycles. The van der Waals surface area contributed by atoms with Crippen molar-refractivity contribution in [1.29, 1.82) is 0 Å². The highest BCUT2D eigenvalue weighted by atomic mass is 35.5. The minimum atomic E-state index is -0.0338. The molecular weight excluding hydrogens is 332 g/mol. The largest absolute Gasteiger partial charge is 0.351 e. The second-order valence-corrected chi connectivity index (χ2v) is 6.87. The van der Waals surface area contributed by atoms with Gasteiger partial charge in [0.05, 0.1) is 5.75 Å². The van der Waals surface area contributed by atoms with Crippen molar-refractivity contribution in [3.05, 3.63) is 40.7 Å². The fourth-order valence-corrected chi connectivity index (χ4v) is 3.41. The van der Waals surface area contributed by atoms with Gasteiger partial charge in [-0.25, -0.2) is 0 Å². The van der Waals surface area contributed by atoms with E-state index >= 15 is 0 Å². The van der Waals surface area contributed by atoms with Crippen molar-refractivity contribution in [2.75, 3.05) is 5.75 Å². The van der Waals surface area contributed by atoms with Crippen LogP contribution in [0.5, 0.6) is 0 Å². The molecule has 0 unspecified atom stereocenters. The maximum Gasteiger partial charge on any atom is 0.230 e. The summed E-state index contributed by atoms with van der Waals surface area (Å²) in [7, 11) is 0. The second kappa shape index (κ2) is 7.36. The van der Waals surface area contributed by atoms with E-state index in [1.165, 1.54) is 24.6 Å². The Kier molecular flexibility index (Phi) is 5.23. The molecule has 1 amide bonds. The zero-order valence-electron chi connectivity index (χ0n) is 13.0. The Morgan fingerprint density at radius 1 is 1.39 bits per heavy atom. The van der Waals surface area contributed by atoms with Crippen molar-refractivity contribution in [3.63, 3.8) is 0 Å². The first-order valence-electron chi connectivity index (χ1n) is 7.75. The monoisotopic (exact) mass is 350 g/mol.